The molecule has 2 rings (SSSR count). The van der Waals surface area contributed by atoms with Gasteiger partial charge in [0, 0.05) is 13.0 Å². The van der Waals surface area contributed by atoms with E-state index < -0.39 is 0 Å². The van der Waals surface area contributed by atoms with Crippen molar-refractivity contribution in [1.82, 2.24) is 15.5 Å². The van der Waals surface area contributed by atoms with Gasteiger partial charge in [0.25, 0.3) is 0 Å². The van der Waals surface area contributed by atoms with E-state index in [1.807, 2.05) is 0 Å². The van der Waals surface area contributed by atoms with E-state index in [1.165, 1.54) is 38.8 Å². The van der Waals surface area contributed by atoms with Crippen LogP contribution in [0.2, 0.25) is 0 Å². The maximum atomic E-state index is 11.9. The van der Waals surface area contributed by atoms with Gasteiger partial charge in [0.15, 0.2) is 0 Å². The first-order valence-electron chi connectivity index (χ1n) is 7.40. The Bertz CT molecular complexity index is 256. The van der Waals surface area contributed by atoms with Gasteiger partial charge in [-0.2, -0.15) is 0 Å². The van der Waals surface area contributed by atoms with Gasteiger partial charge < -0.3 is 15.5 Å². The lowest BCUT2D eigenvalue weighted by Gasteiger charge is -2.29. The Morgan fingerprint density at radius 1 is 1.28 bits per heavy atom. The predicted octanol–water partition coefficient (Wildman–Crippen LogP) is 0.834. The minimum atomic E-state index is 0.252. The summed E-state index contributed by atoms with van der Waals surface area (Å²) in [5.74, 6) is 1.49. The van der Waals surface area contributed by atoms with Crippen molar-refractivity contribution < 1.29 is 4.79 Å². The van der Waals surface area contributed by atoms with Crippen molar-refractivity contribution in [3.63, 3.8) is 0 Å². The molecule has 0 bridgehead atoms. The topological polar surface area (TPSA) is 44.4 Å². The number of rotatable bonds is 4. The molecule has 0 aliphatic carbocycles. The van der Waals surface area contributed by atoms with Crippen LogP contribution in [0, 0.1) is 11.8 Å². The van der Waals surface area contributed by atoms with E-state index in [1.54, 1.807) is 0 Å². The van der Waals surface area contributed by atoms with Crippen molar-refractivity contribution in [3.8, 4) is 0 Å². The van der Waals surface area contributed by atoms with E-state index in [9.17, 15) is 4.79 Å². The van der Waals surface area contributed by atoms with E-state index in [4.69, 9.17) is 0 Å². The molecule has 1 amide bonds. The fourth-order valence-corrected chi connectivity index (χ4v) is 2.96. The van der Waals surface area contributed by atoms with Crippen LogP contribution in [0.15, 0.2) is 0 Å². The van der Waals surface area contributed by atoms with Crippen molar-refractivity contribution in [2.45, 2.75) is 32.1 Å². The van der Waals surface area contributed by atoms with Crippen molar-refractivity contribution in [2.75, 3.05) is 39.8 Å². The van der Waals surface area contributed by atoms with Crippen molar-refractivity contribution >= 4 is 5.91 Å². The quantitative estimate of drug-likeness (QED) is 0.780. The standard InChI is InChI=1S/C14H27N3O/c1-17-7-4-12(5-8-17)11-16-14(18)9-13-3-2-6-15-10-13/h12-13,15H,2-11H2,1H3,(H,16,18). The zero-order chi connectivity index (χ0) is 12.8. The highest BCUT2D eigenvalue weighted by Crippen LogP contribution is 2.16. The summed E-state index contributed by atoms with van der Waals surface area (Å²) in [6.45, 7) is 5.36. The molecule has 18 heavy (non-hydrogen) atoms. The summed E-state index contributed by atoms with van der Waals surface area (Å²) in [6, 6.07) is 0. The van der Waals surface area contributed by atoms with Gasteiger partial charge in [-0.25, -0.2) is 0 Å². The summed E-state index contributed by atoms with van der Waals surface area (Å²) in [4.78, 5) is 14.2. The molecule has 104 valence electrons. The summed E-state index contributed by atoms with van der Waals surface area (Å²) < 4.78 is 0. The number of nitrogens with one attached hydrogen (secondary N) is 2. The molecule has 2 aliphatic heterocycles. The zero-order valence-electron chi connectivity index (χ0n) is 11.6. The number of nitrogens with zero attached hydrogens (tertiary/aromatic N) is 1. The normalized spacial score (nSPS) is 27.1. The number of piperidine rings is 2. The molecule has 0 aromatic heterocycles. The molecular formula is C14H27N3O. The lowest BCUT2D eigenvalue weighted by Crippen LogP contribution is -2.38. The smallest absolute Gasteiger partial charge is 0.220 e. The molecule has 0 saturated carbocycles. The van der Waals surface area contributed by atoms with Crippen LogP contribution < -0.4 is 10.6 Å². The molecule has 4 heteroatoms. The molecule has 2 aliphatic rings. The first kappa shape index (κ1) is 13.8. The van der Waals surface area contributed by atoms with Gasteiger partial charge in [-0.05, 0) is 70.7 Å². The van der Waals surface area contributed by atoms with Gasteiger partial charge in [-0.1, -0.05) is 0 Å². The van der Waals surface area contributed by atoms with Gasteiger partial charge in [0.1, 0.15) is 0 Å². The zero-order valence-corrected chi connectivity index (χ0v) is 11.6. The predicted molar refractivity (Wildman–Crippen MR) is 73.4 cm³/mol. The van der Waals surface area contributed by atoms with Gasteiger partial charge in [0.05, 0.1) is 0 Å². The Morgan fingerprint density at radius 2 is 2.06 bits per heavy atom. The first-order valence-corrected chi connectivity index (χ1v) is 7.40. The lowest BCUT2D eigenvalue weighted by atomic mass is 9.95. The second-order valence-corrected chi connectivity index (χ2v) is 5.97. The fraction of sp³-hybridized carbons (Fsp3) is 0.929. The summed E-state index contributed by atoms with van der Waals surface area (Å²) in [6.07, 6.45) is 5.57. The van der Waals surface area contributed by atoms with Crippen LogP contribution in [0.25, 0.3) is 0 Å². The number of hydrogen-bond donors (Lipinski definition) is 2. The highest BCUT2D eigenvalue weighted by atomic mass is 16.1. The van der Waals surface area contributed by atoms with Crippen molar-refractivity contribution in [1.29, 1.82) is 0 Å². The third-order valence-corrected chi connectivity index (χ3v) is 4.30. The minimum absolute atomic E-state index is 0.252. The molecule has 1 atom stereocenters. The fourth-order valence-electron chi connectivity index (χ4n) is 2.96. The van der Waals surface area contributed by atoms with Gasteiger partial charge in [0.2, 0.25) is 5.91 Å². The number of carbonyl (C=O) groups is 1. The SMILES string of the molecule is CN1CCC(CNC(=O)CC2CCCNC2)CC1. The number of likely N-dealkylation sites (tertiary alicyclic amines) is 1. The van der Waals surface area contributed by atoms with Gasteiger partial charge >= 0.3 is 0 Å². The van der Waals surface area contributed by atoms with Crippen LogP contribution >= 0.6 is 0 Å². The molecule has 1 unspecified atom stereocenters. The van der Waals surface area contributed by atoms with Gasteiger partial charge in [-0.15, -0.1) is 0 Å². The first-order chi connectivity index (χ1) is 8.74. The Morgan fingerprint density at radius 3 is 2.72 bits per heavy atom. The summed E-state index contributed by atoms with van der Waals surface area (Å²) in [5.41, 5.74) is 0. The molecule has 2 N–H and O–H groups in total. The molecule has 0 aromatic rings. The number of amides is 1. The molecule has 0 radical (unpaired) electrons. The Hall–Kier alpha value is -0.610. The van der Waals surface area contributed by atoms with Crippen LogP contribution in [0.1, 0.15) is 32.1 Å². The Balaban J connectivity index is 1.59. The average molecular weight is 253 g/mol. The second-order valence-electron chi connectivity index (χ2n) is 5.97. The number of hydrogen-bond acceptors (Lipinski definition) is 3. The molecular weight excluding hydrogens is 226 g/mol. The summed E-state index contributed by atoms with van der Waals surface area (Å²) in [5, 5.41) is 6.49. The lowest BCUT2D eigenvalue weighted by molar-refractivity contribution is -0.122. The highest BCUT2D eigenvalue weighted by molar-refractivity contribution is 5.76. The van der Waals surface area contributed by atoms with Crippen LogP contribution in [0.4, 0.5) is 0 Å². The van der Waals surface area contributed by atoms with E-state index >= 15 is 0 Å². The minimum Gasteiger partial charge on any atom is -0.356 e. The number of carbonyl (C=O) groups excluding carboxylic acids is 1. The van der Waals surface area contributed by atoms with E-state index in [2.05, 4.69) is 22.6 Å². The average Bonchev–Trinajstić information content (AvgIpc) is 2.39. The molecule has 2 saturated heterocycles. The summed E-state index contributed by atoms with van der Waals surface area (Å²) >= 11 is 0. The van der Waals surface area contributed by atoms with E-state index in [-0.39, 0.29) is 5.91 Å². The Labute approximate surface area is 110 Å². The van der Waals surface area contributed by atoms with Crippen LogP contribution in [0.5, 0.6) is 0 Å². The monoisotopic (exact) mass is 253 g/mol. The maximum Gasteiger partial charge on any atom is 0.220 e. The maximum absolute atomic E-state index is 11.9. The Kier molecular flexibility index (Phi) is 5.45. The largest absolute Gasteiger partial charge is 0.356 e. The molecule has 4 nitrogen and oxygen atoms in total. The summed E-state index contributed by atoms with van der Waals surface area (Å²) in [7, 11) is 2.17. The van der Waals surface area contributed by atoms with Crippen LogP contribution in [-0.2, 0) is 4.79 Å². The van der Waals surface area contributed by atoms with Crippen LogP contribution in [-0.4, -0.2) is 50.6 Å². The highest BCUT2D eigenvalue weighted by Gasteiger charge is 2.19. The van der Waals surface area contributed by atoms with E-state index in [0.29, 0.717) is 18.3 Å². The van der Waals surface area contributed by atoms with Crippen LogP contribution in [0.3, 0.4) is 0 Å². The molecule has 0 spiro atoms. The third-order valence-electron chi connectivity index (χ3n) is 4.30. The van der Waals surface area contributed by atoms with Crippen molar-refractivity contribution in [2.24, 2.45) is 11.8 Å². The van der Waals surface area contributed by atoms with E-state index in [0.717, 1.165) is 19.6 Å². The molecule has 0 aromatic carbocycles. The molecule has 2 fully saturated rings. The van der Waals surface area contributed by atoms with Gasteiger partial charge in [-0.3, -0.25) is 4.79 Å². The van der Waals surface area contributed by atoms with Crippen molar-refractivity contribution in [3.05, 3.63) is 0 Å². The second kappa shape index (κ2) is 7.10. The third kappa shape index (κ3) is 4.58. The molecule has 2 heterocycles.